The van der Waals surface area contributed by atoms with E-state index in [1.165, 1.54) is 0 Å². The summed E-state index contributed by atoms with van der Waals surface area (Å²) in [6.45, 7) is 1.90. The van der Waals surface area contributed by atoms with E-state index in [4.69, 9.17) is 0 Å². The first kappa shape index (κ1) is 19.1. The molecule has 0 saturated heterocycles. The summed E-state index contributed by atoms with van der Waals surface area (Å²) in [4.78, 5) is 23.8. The van der Waals surface area contributed by atoms with Crippen LogP contribution < -0.4 is 10.6 Å². The Morgan fingerprint density at radius 1 is 1.16 bits per heavy atom. The Labute approximate surface area is 152 Å². The smallest absolute Gasteiger partial charge is 0.254 e. The van der Waals surface area contributed by atoms with Crippen molar-refractivity contribution >= 4 is 27.7 Å². The molecule has 1 unspecified atom stereocenters. The second-order valence-corrected chi connectivity index (χ2v) is 6.30. The van der Waals surface area contributed by atoms with E-state index in [1.807, 2.05) is 31.2 Å². The highest BCUT2D eigenvalue weighted by atomic mass is 79.9. The summed E-state index contributed by atoms with van der Waals surface area (Å²) in [6, 6.07) is 10.0. The molecular formula is C18H17BrF2N2O2. The number of carbonyl (C=O) groups excluding carboxylic acids is 2. The fourth-order valence-electron chi connectivity index (χ4n) is 2.28. The van der Waals surface area contributed by atoms with Crippen LogP contribution in [-0.2, 0) is 4.79 Å². The van der Waals surface area contributed by atoms with Crippen molar-refractivity contribution in [2.24, 2.45) is 0 Å². The van der Waals surface area contributed by atoms with Gasteiger partial charge in [-0.05, 0) is 30.7 Å². The second-order valence-electron chi connectivity index (χ2n) is 5.44. The van der Waals surface area contributed by atoms with E-state index in [0.29, 0.717) is 6.07 Å². The van der Waals surface area contributed by atoms with Crippen LogP contribution in [0.25, 0.3) is 0 Å². The molecule has 2 N–H and O–H groups in total. The summed E-state index contributed by atoms with van der Waals surface area (Å²) in [5, 5.41) is 5.27. The van der Waals surface area contributed by atoms with Gasteiger partial charge in [-0.3, -0.25) is 9.59 Å². The van der Waals surface area contributed by atoms with E-state index in [2.05, 4.69) is 26.6 Å². The monoisotopic (exact) mass is 410 g/mol. The van der Waals surface area contributed by atoms with Crippen molar-refractivity contribution in [1.82, 2.24) is 10.6 Å². The maximum absolute atomic E-state index is 13.5. The van der Waals surface area contributed by atoms with Gasteiger partial charge in [0.25, 0.3) is 5.91 Å². The lowest BCUT2D eigenvalue weighted by atomic mass is 10.1. The van der Waals surface area contributed by atoms with Crippen molar-refractivity contribution in [3.63, 3.8) is 0 Å². The molecular weight excluding hydrogens is 394 g/mol. The highest BCUT2D eigenvalue weighted by Crippen LogP contribution is 2.22. The lowest BCUT2D eigenvalue weighted by Gasteiger charge is -2.16. The molecule has 0 aliphatic carbocycles. The molecule has 7 heteroatoms. The Morgan fingerprint density at radius 2 is 1.88 bits per heavy atom. The third-order valence-electron chi connectivity index (χ3n) is 3.56. The molecule has 1 atom stereocenters. The molecule has 0 aliphatic heterocycles. The van der Waals surface area contributed by atoms with Crippen LogP contribution in [0.2, 0.25) is 0 Å². The van der Waals surface area contributed by atoms with Crippen LogP contribution >= 0.6 is 15.9 Å². The number of hydrogen-bond donors (Lipinski definition) is 2. The van der Waals surface area contributed by atoms with Gasteiger partial charge >= 0.3 is 0 Å². The molecule has 2 amide bonds. The first-order chi connectivity index (χ1) is 11.9. The normalized spacial score (nSPS) is 11.7. The minimum atomic E-state index is -0.940. The summed E-state index contributed by atoms with van der Waals surface area (Å²) in [5.41, 5.74) is 0.677. The molecule has 2 aromatic carbocycles. The van der Waals surface area contributed by atoms with Gasteiger partial charge in [-0.2, -0.15) is 0 Å². The van der Waals surface area contributed by atoms with Gasteiger partial charge in [0.05, 0.1) is 11.6 Å². The molecule has 0 saturated carbocycles. The Balaban J connectivity index is 1.82. The zero-order valence-corrected chi connectivity index (χ0v) is 15.1. The fraction of sp³-hybridized carbons (Fsp3) is 0.222. The van der Waals surface area contributed by atoms with Gasteiger partial charge in [0.1, 0.15) is 11.6 Å². The predicted octanol–water partition coefficient (Wildman–Crippen LogP) is 3.72. The van der Waals surface area contributed by atoms with E-state index in [9.17, 15) is 18.4 Å². The Hall–Kier alpha value is -2.28. The van der Waals surface area contributed by atoms with Gasteiger partial charge in [0, 0.05) is 23.5 Å². The van der Waals surface area contributed by atoms with Crippen molar-refractivity contribution in [2.45, 2.75) is 19.4 Å². The van der Waals surface area contributed by atoms with Crippen molar-refractivity contribution in [3.05, 3.63) is 69.7 Å². The molecule has 4 nitrogen and oxygen atoms in total. The van der Waals surface area contributed by atoms with Gasteiger partial charge in [-0.15, -0.1) is 0 Å². The van der Waals surface area contributed by atoms with Gasteiger partial charge in [0.15, 0.2) is 0 Å². The number of nitrogens with one attached hydrogen (secondary N) is 2. The van der Waals surface area contributed by atoms with E-state index in [1.54, 1.807) is 0 Å². The number of carbonyl (C=O) groups is 2. The Morgan fingerprint density at radius 3 is 2.56 bits per heavy atom. The predicted molar refractivity (Wildman–Crippen MR) is 94.0 cm³/mol. The maximum atomic E-state index is 13.5. The van der Waals surface area contributed by atoms with Gasteiger partial charge < -0.3 is 10.6 Å². The molecule has 0 bridgehead atoms. The highest BCUT2D eigenvalue weighted by Gasteiger charge is 2.14. The van der Waals surface area contributed by atoms with Crippen LogP contribution in [0.4, 0.5) is 8.78 Å². The largest absolute Gasteiger partial charge is 0.351 e. The van der Waals surface area contributed by atoms with Crippen molar-refractivity contribution in [1.29, 1.82) is 0 Å². The molecule has 0 radical (unpaired) electrons. The summed E-state index contributed by atoms with van der Waals surface area (Å²) in [7, 11) is 0. The van der Waals surface area contributed by atoms with Gasteiger partial charge in [-0.25, -0.2) is 8.78 Å². The summed E-state index contributed by atoms with van der Waals surface area (Å²) >= 11 is 3.43. The standard InChI is InChI=1S/C18H17BrF2N2O2/c1-11(13-4-2-3-5-15(13)19)23-17(24)8-9-22-18(25)14-7-6-12(20)10-16(14)21/h2-7,10-11H,8-9H2,1H3,(H,22,25)(H,23,24). The zero-order chi connectivity index (χ0) is 18.4. The lowest BCUT2D eigenvalue weighted by Crippen LogP contribution is -2.32. The van der Waals surface area contributed by atoms with Gasteiger partial charge in [-0.1, -0.05) is 34.1 Å². The van der Waals surface area contributed by atoms with Crippen LogP contribution in [-0.4, -0.2) is 18.4 Å². The minimum absolute atomic E-state index is 0.0450. The third kappa shape index (κ3) is 5.35. The van der Waals surface area contributed by atoms with Crippen molar-refractivity contribution in [2.75, 3.05) is 6.54 Å². The lowest BCUT2D eigenvalue weighted by molar-refractivity contribution is -0.121. The fourth-order valence-corrected chi connectivity index (χ4v) is 2.90. The Bertz CT molecular complexity index is 783. The van der Waals surface area contributed by atoms with Crippen molar-refractivity contribution < 1.29 is 18.4 Å². The average Bonchev–Trinajstić information content (AvgIpc) is 2.54. The molecule has 0 heterocycles. The van der Waals surface area contributed by atoms with E-state index >= 15 is 0 Å². The first-order valence-electron chi connectivity index (χ1n) is 7.65. The Kier molecular flexibility index (Phi) is 6.64. The molecule has 0 aliphatic rings. The second kappa shape index (κ2) is 8.71. The van der Waals surface area contributed by atoms with Gasteiger partial charge in [0.2, 0.25) is 5.91 Å². The zero-order valence-electron chi connectivity index (χ0n) is 13.5. The SMILES string of the molecule is CC(NC(=O)CCNC(=O)c1ccc(F)cc1F)c1ccccc1Br. The number of rotatable bonds is 6. The van der Waals surface area contributed by atoms with E-state index in [-0.39, 0.29) is 30.5 Å². The summed E-state index contributed by atoms with van der Waals surface area (Å²) < 4.78 is 27.2. The number of hydrogen-bond acceptors (Lipinski definition) is 2. The molecule has 132 valence electrons. The maximum Gasteiger partial charge on any atom is 0.254 e. The molecule has 0 aromatic heterocycles. The van der Waals surface area contributed by atoms with Crippen LogP contribution in [0.5, 0.6) is 0 Å². The van der Waals surface area contributed by atoms with Crippen LogP contribution in [0.3, 0.4) is 0 Å². The van der Waals surface area contributed by atoms with E-state index < -0.39 is 17.5 Å². The third-order valence-corrected chi connectivity index (χ3v) is 4.28. The van der Waals surface area contributed by atoms with Crippen LogP contribution in [0, 0.1) is 11.6 Å². The first-order valence-corrected chi connectivity index (χ1v) is 8.45. The molecule has 0 spiro atoms. The van der Waals surface area contributed by atoms with Crippen LogP contribution in [0.15, 0.2) is 46.9 Å². The molecule has 2 rings (SSSR count). The average molecular weight is 411 g/mol. The molecule has 0 fully saturated rings. The quantitative estimate of drug-likeness (QED) is 0.762. The number of halogens is 3. The summed E-state index contributed by atoms with van der Waals surface area (Å²) in [6.07, 6.45) is 0.0450. The topological polar surface area (TPSA) is 58.2 Å². The summed E-state index contributed by atoms with van der Waals surface area (Å²) in [5.74, 6) is -2.63. The highest BCUT2D eigenvalue weighted by molar-refractivity contribution is 9.10. The minimum Gasteiger partial charge on any atom is -0.351 e. The number of benzene rings is 2. The number of amides is 2. The van der Waals surface area contributed by atoms with Crippen LogP contribution in [0.1, 0.15) is 35.3 Å². The van der Waals surface area contributed by atoms with E-state index in [0.717, 1.165) is 22.2 Å². The molecule has 25 heavy (non-hydrogen) atoms. The van der Waals surface area contributed by atoms with Crippen molar-refractivity contribution in [3.8, 4) is 0 Å². The molecule has 2 aromatic rings.